The number of aromatic hydroxyl groups is 1. The second-order valence-electron chi connectivity index (χ2n) is 7.21. The molecule has 1 aromatic carbocycles. The van der Waals surface area contributed by atoms with Gasteiger partial charge >= 0.3 is 0 Å². The lowest BCUT2D eigenvalue weighted by Gasteiger charge is -2.26. The zero-order valence-electron chi connectivity index (χ0n) is 15.5. The van der Waals surface area contributed by atoms with E-state index in [-0.39, 0.29) is 11.2 Å². The number of rotatable bonds is 8. The van der Waals surface area contributed by atoms with Gasteiger partial charge in [0.05, 0.1) is 5.56 Å². The number of hydrogen-bond donors (Lipinski definition) is 1. The molecule has 0 fully saturated rings. The summed E-state index contributed by atoms with van der Waals surface area (Å²) >= 11 is 0. The zero-order valence-corrected chi connectivity index (χ0v) is 15.5. The van der Waals surface area contributed by atoms with E-state index in [9.17, 15) is 9.90 Å². The van der Waals surface area contributed by atoms with Gasteiger partial charge in [-0.2, -0.15) is 0 Å². The highest BCUT2D eigenvalue weighted by molar-refractivity contribution is 5.80. The van der Waals surface area contributed by atoms with Crippen LogP contribution in [0.25, 0.3) is 0 Å². The Balaban J connectivity index is 3.03. The Morgan fingerprint density at radius 1 is 1.13 bits per heavy atom. The summed E-state index contributed by atoms with van der Waals surface area (Å²) in [6, 6.07) is 3.83. The monoisotopic (exact) mass is 320 g/mol. The molecule has 1 rings (SSSR count). The maximum absolute atomic E-state index is 11.3. The van der Waals surface area contributed by atoms with Gasteiger partial charge in [-0.25, -0.2) is 0 Å². The molecule has 0 spiro atoms. The molecule has 1 N–H and O–H groups in total. The number of hydrogen-bond acceptors (Lipinski definition) is 4. The Kier molecular flexibility index (Phi) is 7.23. The van der Waals surface area contributed by atoms with Crippen molar-refractivity contribution in [3.63, 3.8) is 0 Å². The third kappa shape index (κ3) is 5.63. The summed E-state index contributed by atoms with van der Waals surface area (Å²) in [7, 11) is 2.11. The SMILES string of the molecule is CCN(C)CCN(CC)Cc1cc(C(C)(C)C)cc(C=O)c1O. The Hall–Kier alpha value is -1.39. The molecule has 4 heteroatoms. The van der Waals surface area contributed by atoms with Crippen molar-refractivity contribution in [2.24, 2.45) is 0 Å². The molecule has 0 bridgehead atoms. The van der Waals surface area contributed by atoms with E-state index in [4.69, 9.17) is 0 Å². The lowest BCUT2D eigenvalue weighted by molar-refractivity contribution is 0.112. The molecule has 0 aliphatic heterocycles. The third-order valence-corrected chi connectivity index (χ3v) is 4.39. The van der Waals surface area contributed by atoms with E-state index in [2.05, 4.69) is 51.5 Å². The van der Waals surface area contributed by atoms with Crippen molar-refractivity contribution >= 4 is 6.29 Å². The molecule has 0 saturated heterocycles. The van der Waals surface area contributed by atoms with Crippen LogP contribution in [0.5, 0.6) is 5.75 Å². The van der Waals surface area contributed by atoms with Gasteiger partial charge in [-0.3, -0.25) is 9.69 Å². The van der Waals surface area contributed by atoms with E-state index >= 15 is 0 Å². The first-order chi connectivity index (χ1) is 10.7. The maximum Gasteiger partial charge on any atom is 0.153 e. The quantitative estimate of drug-likeness (QED) is 0.747. The van der Waals surface area contributed by atoms with Gasteiger partial charge in [0, 0.05) is 25.2 Å². The van der Waals surface area contributed by atoms with Gasteiger partial charge in [0.25, 0.3) is 0 Å². The van der Waals surface area contributed by atoms with Crippen LogP contribution in [0.2, 0.25) is 0 Å². The van der Waals surface area contributed by atoms with Crippen LogP contribution in [0, 0.1) is 0 Å². The fraction of sp³-hybridized carbons (Fsp3) is 0.632. The number of carbonyl (C=O) groups excluding carboxylic acids is 1. The smallest absolute Gasteiger partial charge is 0.153 e. The summed E-state index contributed by atoms with van der Waals surface area (Å²) in [5.74, 6) is 0.121. The van der Waals surface area contributed by atoms with Gasteiger partial charge < -0.3 is 10.0 Å². The first-order valence-corrected chi connectivity index (χ1v) is 8.45. The topological polar surface area (TPSA) is 43.8 Å². The van der Waals surface area contributed by atoms with Crippen LogP contribution in [0.15, 0.2) is 12.1 Å². The van der Waals surface area contributed by atoms with E-state index in [1.54, 1.807) is 6.07 Å². The molecule has 1 aromatic rings. The largest absolute Gasteiger partial charge is 0.507 e. The van der Waals surface area contributed by atoms with E-state index < -0.39 is 0 Å². The molecule has 0 amide bonds. The fourth-order valence-electron chi connectivity index (χ4n) is 2.42. The molecular weight excluding hydrogens is 288 g/mol. The molecule has 0 unspecified atom stereocenters. The number of likely N-dealkylation sites (N-methyl/N-ethyl adjacent to an activating group) is 2. The predicted octanol–water partition coefficient (Wildman–Crippen LogP) is 3.28. The Bertz CT molecular complexity index is 521. The van der Waals surface area contributed by atoms with Gasteiger partial charge in [0.2, 0.25) is 0 Å². The number of nitrogens with zero attached hydrogens (tertiary/aromatic N) is 2. The molecule has 4 nitrogen and oxygen atoms in total. The molecule has 0 aromatic heterocycles. The van der Waals surface area contributed by atoms with Gasteiger partial charge in [0.1, 0.15) is 5.75 Å². The minimum Gasteiger partial charge on any atom is -0.507 e. The van der Waals surface area contributed by atoms with Crippen LogP contribution in [-0.4, -0.2) is 54.4 Å². The molecule has 0 aliphatic carbocycles. The number of aldehydes is 1. The lowest BCUT2D eigenvalue weighted by atomic mass is 9.84. The molecule has 0 heterocycles. The second kappa shape index (κ2) is 8.46. The van der Waals surface area contributed by atoms with Gasteiger partial charge in [0.15, 0.2) is 6.29 Å². The van der Waals surface area contributed by atoms with Gasteiger partial charge in [-0.15, -0.1) is 0 Å². The van der Waals surface area contributed by atoms with E-state index in [1.165, 1.54) is 0 Å². The maximum atomic E-state index is 11.3. The Labute approximate surface area is 141 Å². The average Bonchev–Trinajstić information content (AvgIpc) is 2.51. The second-order valence-corrected chi connectivity index (χ2v) is 7.21. The third-order valence-electron chi connectivity index (χ3n) is 4.39. The summed E-state index contributed by atoms with van der Waals surface area (Å²) < 4.78 is 0. The van der Waals surface area contributed by atoms with Crippen LogP contribution in [0.1, 0.15) is 56.1 Å². The fourth-order valence-corrected chi connectivity index (χ4v) is 2.42. The zero-order chi connectivity index (χ0) is 17.6. The van der Waals surface area contributed by atoms with Crippen LogP contribution in [0.3, 0.4) is 0 Å². The first kappa shape index (κ1) is 19.7. The van der Waals surface area contributed by atoms with Crippen molar-refractivity contribution in [1.82, 2.24) is 9.80 Å². The van der Waals surface area contributed by atoms with Crippen LogP contribution < -0.4 is 0 Å². The highest BCUT2D eigenvalue weighted by Crippen LogP contribution is 2.31. The van der Waals surface area contributed by atoms with Crippen molar-refractivity contribution in [2.75, 3.05) is 33.2 Å². The van der Waals surface area contributed by atoms with Crippen molar-refractivity contribution in [1.29, 1.82) is 0 Å². The molecule has 0 saturated carbocycles. The average molecular weight is 320 g/mol. The summed E-state index contributed by atoms with van der Waals surface area (Å²) in [4.78, 5) is 15.9. The number of phenolic OH excluding ortho intramolecular Hbond substituents is 1. The molecule has 130 valence electrons. The van der Waals surface area contributed by atoms with Crippen molar-refractivity contribution in [3.8, 4) is 5.75 Å². The van der Waals surface area contributed by atoms with Crippen LogP contribution in [0.4, 0.5) is 0 Å². The standard InChI is InChI=1S/C19H32N2O2/c1-7-20(6)9-10-21(8-2)13-15-11-17(19(3,4)5)12-16(14-22)18(15)23/h11-12,14,23H,7-10,13H2,1-6H3. The van der Waals surface area contributed by atoms with E-state index in [1.807, 2.05) is 6.07 Å². The Morgan fingerprint density at radius 3 is 2.26 bits per heavy atom. The van der Waals surface area contributed by atoms with Crippen LogP contribution >= 0.6 is 0 Å². The van der Waals surface area contributed by atoms with E-state index in [0.29, 0.717) is 12.1 Å². The summed E-state index contributed by atoms with van der Waals surface area (Å²) in [6.07, 6.45) is 0.745. The molecule has 0 aliphatic rings. The summed E-state index contributed by atoms with van der Waals surface area (Å²) in [5.41, 5.74) is 2.24. The molecule has 0 atom stereocenters. The van der Waals surface area contributed by atoms with E-state index in [0.717, 1.165) is 43.6 Å². The molecular formula is C19H32N2O2. The number of carbonyl (C=O) groups is 1. The molecule has 23 heavy (non-hydrogen) atoms. The van der Waals surface area contributed by atoms with Crippen molar-refractivity contribution < 1.29 is 9.90 Å². The normalized spacial score (nSPS) is 12.2. The summed E-state index contributed by atoms with van der Waals surface area (Å²) in [6.45, 7) is 15.1. The minimum atomic E-state index is -0.0559. The van der Waals surface area contributed by atoms with Crippen molar-refractivity contribution in [2.45, 2.75) is 46.6 Å². The lowest BCUT2D eigenvalue weighted by Crippen LogP contribution is -2.33. The van der Waals surface area contributed by atoms with Crippen molar-refractivity contribution in [3.05, 3.63) is 28.8 Å². The van der Waals surface area contributed by atoms with Gasteiger partial charge in [-0.1, -0.05) is 40.7 Å². The highest BCUT2D eigenvalue weighted by Gasteiger charge is 2.19. The predicted molar refractivity (Wildman–Crippen MR) is 96.3 cm³/mol. The minimum absolute atomic E-state index is 0.0559. The van der Waals surface area contributed by atoms with Crippen LogP contribution in [-0.2, 0) is 12.0 Å². The number of benzene rings is 1. The first-order valence-electron chi connectivity index (χ1n) is 8.45. The summed E-state index contributed by atoms with van der Waals surface area (Å²) in [5, 5.41) is 10.4. The highest BCUT2D eigenvalue weighted by atomic mass is 16.3. The number of phenols is 1. The van der Waals surface area contributed by atoms with Gasteiger partial charge in [-0.05, 0) is 37.2 Å². The Morgan fingerprint density at radius 2 is 1.78 bits per heavy atom. The molecule has 0 radical (unpaired) electrons.